The molecule has 0 aliphatic carbocycles. The highest BCUT2D eigenvalue weighted by molar-refractivity contribution is 5.14. The molecule has 2 unspecified atom stereocenters. The van der Waals surface area contributed by atoms with Gasteiger partial charge in [0.2, 0.25) is 0 Å². The molecule has 2 aliphatic heterocycles. The Kier molecular flexibility index (Phi) is 4.51. The van der Waals surface area contributed by atoms with Crippen molar-refractivity contribution in [1.29, 1.82) is 0 Å². The highest BCUT2D eigenvalue weighted by Gasteiger charge is 2.63. The van der Waals surface area contributed by atoms with Crippen LogP contribution in [0.25, 0.3) is 0 Å². The number of benzene rings is 1. The van der Waals surface area contributed by atoms with Gasteiger partial charge in [0.1, 0.15) is 17.8 Å². The first kappa shape index (κ1) is 16.9. The maximum atomic E-state index is 10.3. The van der Waals surface area contributed by atoms with Crippen molar-refractivity contribution in [2.24, 2.45) is 0 Å². The second-order valence-electron chi connectivity index (χ2n) is 6.79. The lowest BCUT2D eigenvalue weighted by atomic mass is 9.87. The quantitative estimate of drug-likeness (QED) is 0.903. The molecule has 0 bridgehead atoms. The van der Waals surface area contributed by atoms with Gasteiger partial charge in [-0.15, -0.1) is 0 Å². The normalized spacial score (nSPS) is 36.8. The van der Waals surface area contributed by atoms with Crippen molar-refractivity contribution in [1.82, 2.24) is 0 Å². The molecule has 5 atom stereocenters. The zero-order chi connectivity index (χ0) is 16.7. The molecule has 0 radical (unpaired) electrons. The van der Waals surface area contributed by atoms with E-state index in [9.17, 15) is 5.11 Å². The van der Waals surface area contributed by atoms with E-state index in [0.717, 1.165) is 5.56 Å². The second-order valence-corrected chi connectivity index (χ2v) is 6.79. The number of hydrogen-bond donors (Lipinski definition) is 1. The molecular weight excluding hydrogens is 296 g/mol. The van der Waals surface area contributed by atoms with E-state index >= 15 is 0 Å². The summed E-state index contributed by atoms with van der Waals surface area (Å²) < 4.78 is 24.1. The monoisotopic (exact) mass is 322 g/mol. The van der Waals surface area contributed by atoms with E-state index in [-0.39, 0.29) is 12.2 Å². The molecule has 128 valence electrons. The zero-order valence-electron chi connectivity index (χ0n) is 14.2. The molecule has 1 aromatic rings. The minimum Gasteiger partial charge on any atom is -0.390 e. The van der Waals surface area contributed by atoms with Gasteiger partial charge in [0.15, 0.2) is 12.1 Å². The molecule has 3 rings (SSSR count). The first-order chi connectivity index (χ1) is 10.9. The lowest BCUT2D eigenvalue weighted by Gasteiger charge is -2.38. The number of fused-ring (bicyclic) bond motifs is 1. The fourth-order valence-corrected chi connectivity index (χ4v) is 3.53. The first-order valence-electron chi connectivity index (χ1n) is 8.25. The highest BCUT2D eigenvalue weighted by Crippen LogP contribution is 2.46. The van der Waals surface area contributed by atoms with Crippen molar-refractivity contribution >= 4 is 0 Å². The standard InChI is InChI=1S/C18H26O5/c1-5-18(12(2)19)15(20-11-13-9-7-6-8-10-13)14-16(23-18)22-17(3,4)21-14/h6-10,12,14-16,19H,5,11H2,1-4H3/t12?,14-,15?,16-,18-/m0/s1. The van der Waals surface area contributed by atoms with Gasteiger partial charge in [0.05, 0.1) is 12.7 Å². The van der Waals surface area contributed by atoms with Crippen molar-refractivity contribution in [3.63, 3.8) is 0 Å². The molecule has 2 fully saturated rings. The van der Waals surface area contributed by atoms with Gasteiger partial charge in [-0.2, -0.15) is 0 Å². The second kappa shape index (κ2) is 6.15. The van der Waals surface area contributed by atoms with Crippen molar-refractivity contribution in [2.45, 2.75) is 76.7 Å². The average Bonchev–Trinajstić information content (AvgIpc) is 2.95. The van der Waals surface area contributed by atoms with E-state index < -0.39 is 23.8 Å². The number of rotatable bonds is 5. The molecular formula is C18H26O5. The molecule has 5 nitrogen and oxygen atoms in total. The van der Waals surface area contributed by atoms with Gasteiger partial charge in [0.25, 0.3) is 0 Å². The summed E-state index contributed by atoms with van der Waals surface area (Å²) in [5.74, 6) is -0.706. The summed E-state index contributed by atoms with van der Waals surface area (Å²) >= 11 is 0. The lowest BCUT2D eigenvalue weighted by Crippen LogP contribution is -2.53. The number of hydrogen-bond acceptors (Lipinski definition) is 5. The van der Waals surface area contributed by atoms with Crippen LogP contribution in [0.15, 0.2) is 30.3 Å². The Balaban J connectivity index is 1.82. The minimum absolute atomic E-state index is 0.344. The molecule has 0 saturated carbocycles. The summed E-state index contributed by atoms with van der Waals surface area (Å²) in [4.78, 5) is 0. The maximum absolute atomic E-state index is 10.3. The van der Waals surface area contributed by atoms with E-state index in [0.29, 0.717) is 13.0 Å². The van der Waals surface area contributed by atoms with E-state index in [1.54, 1.807) is 6.92 Å². The van der Waals surface area contributed by atoms with Crippen LogP contribution in [0.5, 0.6) is 0 Å². The Bertz CT molecular complexity index is 529. The van der Waals surface area contributed by atoms with Crippen molar-refractivity contribution in [2.75, 3.05) is 0 Å². The predicted molar refractivity (Wildman–Crippen MR) is 84.6 cm³/mol. The minimum atomic E-state index is -0.819. The van der Waals surface area contributed by atoms with Gasteiger partial charge in [-0.3, -0.25) is 0 Å². The van der Waals surface area contributed by atoms with Crippen LogP contribution in [0.1, 0.15) is 39.7 Å². The van der Waals surface area contributed by atoms with E-state index in [1.165, 1.54) is 0 Å². The summed E-state index contributed by atoms with van der Waals surface area (Å²) in [7, 11) is 0. The van der Waals surface area contributed by atoms with Gasteiger partial charge < -0.3 is 24.1 Å². The third-order valence-corrected chi connectivity index (χ3v) is 4.74. The zero-order valence-corrected chi connectivity index (χ0v) is 14.2. The molecule has 5 heteroatoms. The van der Waals surface area contributed by atoms with Crippen LogP contribution in [-0.2, 0) is 25.6 Å². The maximum Gasteiger partial charge on any atom is 0.190 e. The van der Waals surface area contributed by atoms with Crippen LogP contribution in [0.3, 0.4) is 0 Å². The number of aliphatic hydroxyl groups is 1. The Hall–Kier alpha value is -0.980. The smallest absolute Gasteiger partial charge is 0.190 e. The molecule has 0 aromatic heterocycles. The van der Waals surface area contributed by atoms with Crippen molar-refractivity contribution in [3.05, 3.63) is 35.9 Å². The van der Waals surface area contributed by atoms with Crippen molar-refractivity contribution in [3.8, 4) is 0 Å². The fraction of sp³-hybridized carbons (Fsp3) is 0.667. The summed E-state index contributed by atoms with van der Waals surface area (Å²) in [5.41, 5.74) is 0.255. The summed E-state index contributed by atoms with van der Waals surface area (Å²) in [6.45, 7) is 7.88. The first-order valence-corrected chi connectivity index (χ1v) is 8.25. The van der Waals surface area contributed by atoms with E-state index in [4.69, 9.17) is 18.9 Å². The van der Waals surface area contributed by atoms with Crippen LogP contribution in [0, 0.1) is 0 Å². The molecule has 23 heavy (non-hydrogen) atoms. The molecule has 0 amide bonds. The highest BCUT2D eigenvalue weighted by atomic mass is 16.8. The van der Waals surface area contributed by atoms with Gasteiger partial charge in [-0.05, 0) is 32.8 Å². The topological polar surface area (TPSA) is 57.2 Å². The number of aliphatic hydroxyl groups excluding tert-OH is 1. The Labute approximate surface area is 137 Å². The van der Waals surface area contributed by atoms with E-state index in [2.05, 4.69) is 0 Å². The van der Waals surface area contributed by atoms with Gasteiger partial charge in [0, 0.05) is 0 Å². The molecule has 2 aliphatic rings. The Morgan fingerprint density at radius 2 is 1.87 bits per heavy atom. The molecule has 1 aromatic carbocycles. The van der Waals surface area contributed by atoms with Crippen LogP contribution in [-0.4, -0.2) is 41.1 Å². The summed E-state index contributed by atoms with van der Waals surface area (Å²) in [6.07, 6.45) is -1.32. The van der Waals surface area contributed by atoms with Gasteiger partial charge in [-0.25, -0.2) is 0 Å². The van der Waals surface area contributed by atoms with Gasteiger partial charge in [-0.1, -0.05) is 37.3 Å². The molecule has 2 heterocycles. The predicted octanol–water partition coefficient (Wildman–Crippen LogP) is 2.61. The van der Waals surface area contributed by atoms with Gasteiger partial charge >= 0.3 is 0 Å². The van der Waals surface area contributed by atoms with Crippen molar-refractivity contribution < 1.29 is 24.1 Å². The van der Waals surface area contributed by atoms with E-state index in [1.807, 2.05) is 51.1 Å². The van der Waals surface area contributed by atoms with Crippen LogP contribution < -0.4 is 0 Å². The molecule has 0 spiro atoms. The van der Waals surface area contributed by atoms with Crippen LogP contribution in [0.4, 0.5) is 0 Å². The fourth-order valence-electron chi connectivity index (χ4n) is 3.53. The Morgan fingerprint density at radius 3 is 2.48 bits per heavy atom. The largest absolute Gasteiger partial charge is 0.390 e. The molecule has 1 N–H and O–H groups in total. The van der Waals surface area contributed by atoms with Crippen LogP contribution in [0.2, 0.25) is 0 Å². The third kappa shape index (κ3) is 3.04. The third-order valence-electron chi connectivity index (χ3n) is 4.74. The number of ether oxygens (including phenoxy) is 4. The SMILES string of the molecule is CC[C@@]1(C(C)O)O[C@@H]2OC(C)(C)O[C@H]2C1OCc1ccccc1. The lowest BCUT2D eigenvalue weighted by molar-refractivity contribution is -0.263. The molecule has 2 saturated heterocycles. The summed E-state index contributed by atoms with van der Waals surface area (Å²) in [6, 6.07) is 9.96. The summed E-state index contributed by atoms with van der Waals surface area (Å²) in [5, 5.41) is 10.3. The Morgan fingerprint density at radius 1 is 1.17 bits per heavy atom. The van der Waals surface area contributed by atoms with Crippen LogP contribution >= 0.6 is 0 Å². The average molecular weight is 322 g/mol.